The number of carboxylic acids is 1. The molecule has 0 bridgehead atoms. The van der Waals surface area contributed by atoms with Crippen LogP contribution in [0.2, 0.25) is 0 Å². The lowest BCUT2D eigenvalue weighted by atomic mass is 9.98. The summed E-state index contributed by atoms with van der Waals surface area (Å²) in [6.45, 7) is 5.51. The van der Waals surface area contributed by atoms with Crippen LogP contribution < -0.4 is 10.1 Å². The second kappa shape index (κ2) is 8.33. The number of carbonyl (C=O) groups is 2. The number of nitrogens with one attached hydrogen (secondary N) is 1. The third-order valence-electron chi connectivity index (χ3n) is 3.96. The molecule has 0 spiro atoms. The summed E-state index contributed by atoms with van der Waals surface area (Å²) >= 11 is 0. The van der Waals surface area contributed by atoms with E-state index >= 15 is 0 Å². The fourth-order valence-corrected chi connectivity index (χ4v) is 2.55. The van der Waals surface area contributed by atoms with Crippen LogP contribution >= 0.6 is 0 Å². The van der Waals surface area contributed by atoms with Gasteiger partial charge in [0.1, 0.15) is 5.75 Å². The second-order valence-corrected chi connectivity index (χ2v) is 6.09. The predicted octanol–water partition coefficient (Wildman–Crippen LogP) is 3.40. The summed E-state index contributed by atoms with van der Waals surface area (Å²) in [5.74, 6) is -0.727. The Morgan fingerprint density at radius 3 is 2.32 bits per heavy atom. The molecule has 2 rings (SSSR count). The zero-order valence-electron chi connectivity index (χ0n) is 14.7. The van der Waals surface area contributed by atoms with E-state index < -0.39 is 18.1 Å². The standard InChI is InChI=1S/C20H23NO4/c1-13-8-10-16(11-9-13)25-15(3)20(24)21-18(12-19(22)23)17-7-5-4-6-14(17)2/h4-11,15,18H,12H2,1-3H3,(H,21,24)(H,22,23). The molecule has 0 aliphatic rings. The average Bonchev–Trinajstić information content (AvgIpc) is 2.56. The number of rotatable bonds is 7. The van der Waals surface area contributed by atoms with Crippen molar-refractivity contribution in [1.82, 2.24) is 5.32 Å². The maximum absolute atomic E-state index is 12.5. The summed E-state index contributed by atoms with van der Waals surface area (Å²) in [5, 5.41) is 12.0. The Morgan fingerprint density at radius 2 is 1.72 bits per heavy atom. The number of carboxylic acid groups (broad SMARTS) is 1. The van der Waals surface area contributed by atoms with Crippen molar-refractivity contribution in [3.8, 4) is 5.75 Å². The Morgan fingerprint density at radius 1 is 1.08 bits per heavy atom. The van der Waals surface area contributed by atoms with E-state index in [4.69, 9.17) is 9.84 Å². The van der Waals surface area contributed by atoms with Crippen LogP contribution in [0.1, 0.15) is 36.1 Å². The quantitative estimate of drug-likeness (QED) is 0.809. The highest BCUT2D eigenvalue weighted by atomic mass is 16.5. The van der Waals surface area contributed by atoms with Crippen LogP contribution in [0.4, 0.5) is 0 Å². The fourth-order valence-electron chi connectivity index (χ4n) is 2.55. The van der Waals surface area contributed by atoms with Gasteiger partial charge in [-0.15, -0.1) is 0 Å². The number of ether oxygens (including phenoxy) is 1. The predicted molar refractivity (Wildman–Crippen MR) is 95.6 cm³/mol. The number of hydrogen-bond donors (Lipinski definition) is 2. The van der Waals surface area contributed by atoms with E-state index in [1.165, 1.54) is 0 Å². The van der Waals surface area contributed by atoms with Gasteiger partial charge in [0.15, 0.2) is 6.10 Å². The fraction of sp³-hybridized carbons (Fsp3) is 0.300. The van der Waals surface area contributed by atoms with Crippen molar-refractivity contribution in [3.05, 3.63) is 65.2 Å². The average molecular weight is 341 g/mol. The molecule has 0 heterocycles. The Kier molecular flexibility index (Phi) is 6.17. The molecule has 1 amide bonds. The summed E-state index contributed by atoms with van der Waals surface area (Å²) < 4.78 is 5.64. The molecule has 2 N–H and O–H groups in total. The Hall–Kier alpha value is -2.82. The monoisotopic (exact) mass is 341 g/mol. The van der Waals surface area contributed by atoms with Gasteiger partial charge >= 0.3 is 5.97 Å². The summed E-state index contributed by atoms with van der Waals surface area (Å²) in [7, 11) is 0. The SMILES string of the molecule is Cc1ccc(OC(C)C(=O)NC(CC(=O)O)c2ccccc2C)cc1. The largest absolute Gasteiger partial charge is 0.481 e. The molecule has 5 nitrogen and oxygen atoms in total. The van der Waals surface area contributed by atoms with Gasteiger partial charge in [-0.25, -0.2) is 0 Å². The van der Waals surface area contributed by atoms with Crippen molar-refractivity contribution < 1.29 is 19.4 Å². The molecule has 0 saturated carbocycles. The number of hydrogen-bond acceptors (Lipinski definition) is 3. The van der Waals surface area contributed by atoms with Crippen LogP contribution in [-0.2, 0) is 9.59 Å². The molecule has 2 aromatic rings. The van der Waals surface area contributed by atoms with Gasteiger partial charge in [-0.3, -0.25) is 9.59 Å². The molecule has 2 aromatic carbocycles. The van der Waals surface area contributed by atoms with Crippen molar-refractivity contribution in [1.29, 1.82) is 0 Å². The van der Waals surface area contributed by atoms with Crippen molar-refractivity contribution in [2.24, 2.45) is 0 Å². The van der Waals surface area contributed by atoms with Crippen LogP contribution in [0, 0.1) is 13.8 Å². The van der Waals surface area contributed by atoms with Gasteiger partial charge < -0.3 is 15.2 Å². The minimum Gasteiger partial charge on any atom is -0.481 e. The normalized spacial score (nSPS) is 12.9. The minimum atomic E-state index is -0.972. The van der Waals surface area contributed by atoms with E-state index in [2.05, 4.69) is 5.32 Å². The summed E-state index contributed by atoms with van der Waals surface area (Å²) in [5.41, 5.74) is 2.83. The highest BCUT2D eigenvalue weighted by Crippen LogP contribution is 2.21. The highest BCUT2D eigenvalue weighted by Gasteiger charge is 2.23. The lowest BCUT2D eigenvalue weighted by Gasteiger charge is -2.22. The van der Waals surface area contributed by atoms with Crippen LogP contribution in [0.15, 0.2) is 48.5 Å². The lowest BCUT2D eigenvalue weighted by Crippen LogP contribution is -2.39. The van der Waals surface area contributed by atoms with Crippen LogP contribution in [-0.4, -0.2) is 23.1 Å². The molecule has 0 saturated heterocycles. The van der Waals surface area contributed by atoms with Crippen LogP contribution in [0.5, 0.6) is 5.75 Å². The topological polar surface area (TPSA) is 75.6 Å². The van der Waals surface area contributed by atoms with E-state index in [1.54, 1.807) is 19.1 Å². The number of aryl methyl sites for hydroxylation is 2. The van der Waals surface area contributed by atoms with Crippen molar-refractivity contribution in [2.45, 2.75) is 39.3 Å². The Balaban J connectivity index is 2.09. The third kappa shape index (κ3) is 5.35. The van der Waals surface area contributed by atoms with E-state index in [0.717, 1.165) is 16.7 Å². The lowest BCUT2D eigenvalue weighted by molar-refractivity contribution is -0.138. The molecule has 0 aromatic heterocycles. The third-order valence-corrected chi connectivity index (χ3v) is 3.96. The van der Waals surface area contributed by atoms with Gasteiger partial charge in [-0.05, 0) is 44.0 Å². The smallest absolute Gasteiger partial charge is 0.305 e. The minimum absolute atomic E-state index is 0.187. The first kappa shape index (κ1) is 18.5. The van der Waals surface area contributed by atoms with Crippen molar-refractivity contribution >= 4 is 11.9 Å². The van der Waals surface area contributed by atoms with Gasteiger partial charge in [0, 0.05) is 0 Å². The molecule has 2 atom stereocenters. The molecule has 0 radical (unpaired) electrons. The van der Waals surface area contributed by atoms with Gasteiger partial charge in [-0.1, -0.05) is 42.0 Å². The van der Waals surface area contributed by atoms with E-state index in [-0.39, 0.29) is 12.3 Å². The Bertz CT molecular complexity index is 740. The second-order valence-electron chi connectivity index (χ2n) is 6.09. The summed E-state index contributed by atoms with van der Waals surface area (Å²) in [6, 6.07) is 14.2. The molecule has 0 aliphatic carbocycles. The van der Waals surface area contributed by atoms with E-state index in [0.29, 0.717) is 5.75 Å². The zero-order valence-corrected chi connectivity index (χ0v) is 14.7. The maximum atomic E-state index is 12.5. The number of carbonyl (C=O) groups excluding carboxylic acids is 1. The highest BCUT2D eigenvalue weighted by molar-refractivity contribution is 5.82. The molecule has 132 valence electrons. The molecule has 0 aliphatic heterocycles. The summed E-state index contributed by atoms with van der Waals surface area (Å²) in [4.78, 5) is 23.6. The first-order chi connectivity index (χ1) is 11.9. The van der Waals surface area contributed by atoms with Crippen molar-refractivity contribution in [2.75, 3.05) is 0 Å². The van der Waals surface area contributed by atoms with Crippen LogP contribution in [0.25, 0.3) is 0 Å². The van der Waals surface area contributed by atoms with Gasteiger partial charge in [0.25, 0.3) is 5.91 Å². The molecule has 0 fully saturated rings. The van der Waals surface area contributed by atoms with E-state index in [1.807, 2.05) is 50.2 Å². The number of benzene rings is 2. The summed E-state index contributed by atoms with van der Waals surface area (Å²) in [6.07, 6.45) is -0.920. The first-order valence-electron chi connectivity index (χ1n) is 8.18. The maximum Gasteiger partial charge on any atom is 0.305 e. The Labute approximate surface area is 147 Å². The molecule has 5 heteroatoms. The molecular formula is C20H23NO4. The van der Waals surface area contributed by atoms with Crippen LogP contribution in [0.3, 0.4) is 0 Å². The molecular weight excluding hydrogens is 318 g/mol. The van der Waals surface area contributed by atoms with Gasteiger partial charge in [0.2, 0.25) is 0 Å². The molecule has 25 heavy (non-hydrogen) atoms. The van der Waals surface area contributed by atoms with Crippen molar-refractivity contribution in [3.63, 3.8) is 0 Å². The number of aliphatic carboxylic acids is 1. The first-order valence-corrected chi connectivity index (χ1v) is 8.18. The molecule has 2 unspecified atom stereocenters. The number of amides is 1. The van der Waals surface area contributed by atoms with Gasteiger partial charge in [-0.2, -0.15) is 0 Å². The van der Waals surface area contributed by atoms with Gasteiger partial charge in [0.05, 0.1) is 12.5 Å². The van der Waals surface area contributed by atoms with E-state index in [9.17, 15) is 9.59 Å². The zero-order chi connectivity index (χ0) is 18.4.